The molecule has 0 unspecified atom stereocenters. The molecule has 0 saturated heterocycles. The van der Waals surface area contributed by atoms with Gasteiger partial charge in [0.1, 0.15) is 10.6 Å². The fourth-order valence-corrected chi connectivity index (χ4v) is 3.60. The zero-order valence-electron chi connectivity index (χ0n) is 14.2. The summed E-state index contributed by atoms with van der Waals surface area (Å²) in [5, 5.41) is 13.4. The maximum absolute atomic E-state index is 12.3. The molecule has 1 N–H and O–H groups in total. The molecule has 0 bridgehead atoms. The molecule has 0 aliphatic rings. The second kappa shape index (κ2) is 7.09. The number of carbonyl (C=O) groups excluding carboxylic acids is 1. The number of hydrogen-bond acceptors (Lipinski definition) is 5. The van der Waals surface area contributed by atoms with Gasteiger partial charge in [-0.15, -0.1) is 10.2 Å². The SMILES string of the molecule is Cc1ccc2c(CC(=O)Nc3nnc(Cc4ccccc4)s3)coc2c1. The van der Waals surface area contributed by atoms with Crippen molar-refractivity contribution in [3.05, 3.63) is 76.5 Å². The Morgan fingerprint density at radius 2 is 2.00 bits per heavy atom. The van der Waals surface area contributed by atoms with Crippen LogP contribution < -0.4 is 5.32 Å². The Kier molecular flexibility index (Phi) is 4.50. The van der Waals surface area contributed by atoms with E-state index in [1.54, 1.807) is 6.26 Å². The first-order chi connectivity index (χ1) is 12.7. The molecule has 26 heavy (non-hydrogen) atoms. The molecule has 2 heterocycles. The minimum atomic E-state index is -0.129. The third kappa shape index (κ3) is 3.65. The van der Waals surface area contributed by atoms with Gasteiger partial charge in [0.05, 0.1) is 12.7 Å². The molecule has 0 spiro atoms. The predicted octanol–water partition coefficient (Wildman–Crippen LogP) is 4.36. The fraction of sp³-hybridized carbons (Fsp3) is 0.150. The molecule has 6 heteroatoms. The number of fused-ring (bicyclic) bond motifs is 1. The summed E-state index contributed by atoms with van der Waals surface area (Å²) >= 11 is 1.40. The normalized spacial score (nSPS) is 11.0. The zero-order valence-corrected chi connectivity index (χ0v) is 15.0. The van der Waals surface area contributed by atoms with Gasteiger partial charge in [-0.25, -0.2) is 0 Å². The van der Waals surface area contributed by atoms with Crippen molar-refractivity contribution in [2.45, 2.75) is 19.8 Å². The molecule has 0 radical (unpaired) electrons. The quantitative estimate of drug-likeness (QED) is 0.572. The predicted molar refractivity (Wildman–Crippen MR) is 102 cm³/mol. The van der Waals surface area contributed by atoms with Crippen LogP contribution >= 0.6 is 11.3 Å². The maximum Gasteiger partial charge on any atom is 0.230 e. The van der Waals surface area contributed by atoms with Crippen LogP contribution in [-0.2, 0) is 17.6 Å². The Morgan fingerprint density at radius 3 is 2.85 bits per heavy atom. The number of rotatable bonds is 5. The van der Waals surface area contributed by atoms with E-state index in [0.717, 1.165) is 27.1 Å². The molecular weight excluding hydrogens is 346 g/mol. The van der Waals surface area contributed by atoms with E-state index in [1.807, 2.05) is 55.5 Å². The first kappa shape index (κ1) is 16.5. The minimum absolute atomic E-state index is 0.129. The van der Waals surface area contributed by atoms with E-state index in [0.29, 0.717) is 11.6 Å². The van der Waals surface area contributed by atoms with Gasteiger partial charge in [-0.05, 0) is 24.1 Å². The van der Waals surface area contributed by atoms with E-state index in [-0.39, 0.29) is 12.3 Å². The van der Waals surface area contributed by atoms with E-state index < -0.39 is 0 Å². The van der Waals surface area contributed by atoms with Crippen molar-refractivity contribution < 1.29 is 9.21 Å². The number of furan rings is 1. The van der Waals surface area contributed by atoms with Crippen molar-refractivity contribution >= 4 is 33.3 Å². The minimum Gasteiger partial charge on any atom is -0.464 e. The lowest BCUT2D eigenvalue weighted by Gasteiger charge is -2.00. The third-order valence-corrected chi connectivity index (χ3v) is 4.91. The van der Waals surface area contributed by atoms with Crippen LogP contribution in [0.3, 0.4) is 0 Å². The van der Waals surface area contributed by atoms with Crippen molar-refractivity contribution in [1.29, 1.82) is 0 Å². The molecule has 2 aromatic carbocycles. The summed E-state index contributed by atoms with van der Waals surface area (Å²) in [6.07, 6.45) is 2.59. The van der Waals surface area contributed by atoms with Gasteiger partial charge in [-0.1, -0.05) is 53.8 Å². The Bertz CT molecular complexity index is 1050. The number of nitrogens with one attached hydrogen (secondary N) is 1. The third-order valence-electron chi connectivity index (χ3n) is 4.07. The van der Waals surface area contributed by atoms with Gasteiger partial charge < -0.3 is 9.73 Å². The van der Waals surface area contributed by atoms with Gasteiger partial charge >= 0.3 is 0 Å². The highest BCUT2D eigenvalue weighted by atomic mass is 32.1. The molecule has 2 aromatic heterocycles. The van der Waals surface area contributed by atoms with E-state index >= 15 is 0 Å². The highest BCUT2D eigenvalue weighted by Crippen LogP contribution is 2.24. The lowest BCUT2D eigenvalue weighted by molar-refractivity contribution is -0.115. The molecule has 130 valence electrons. The molecular formula is C20H17N3O2S. The highest BCUT2D eigenvalue weighted by Gasteiger charge is 2.13. The van der Waals surface area contributed by atoms with Gasteiger partial charge in [0.25, 0.3) is 0 Å². The van der Waals surface area contributed by atoms with Crippen LogP contribution in [0.2, 0.25) is 0 Å². The molecule has 5 nitrogen and oxygen atoms in total. The average molecular weight is 363 g/mol. The standard InChI is InChI=1S/C20H17N3O2S/c1-13-7-8-16-15(12-25-17(16)9-13)11-18(24)21-20-23-22-19(26-20)10-14-5-3-2-4-6-14/h2-9,12H,10-11H2,1H3,(H,21,23,24). The lowest BCUT2D eigenvalue weighted by atomic mass is 10.1. The zero-order chi connectivity index (χ0) is 17.9. The largest absolute Gasteiger partial charge is 0.464 e. The number of benzene rings is 2. The number of aryl methyl sites for hydroxylation is 1. The highest BCUT2D eigenvalue weighted by molar-refractivity contribution is 7.15. The second-order valence-corrected chi connectivity index (χ2v) is 7.21. The summed E-state index contributed by atoms with van der Waals surface area (Å²) in [7, 11) is 0. The van der Waals surface area contributed by atoms with Crippen LogP contribution in [0.15, 0.2) is 59.2 Å². The Morgan fingerprint density at radius 1 is 1.15 bits per heavy atom. The molecule has 0 saturated carbocycles. The van der Waals surface area contributed by atoms with E-state index in [4.69, 9.17) is 4.42 Å². The summed E-state index contributed by atoms with van der Waals surface area (Å²) in [6, 6.07) is 16.0. The number of nitrogens with zero attached hydrogens (tertiary/aromatic N) is 2. The smallest absolute Gasteiger partial charge is 0.230 e. The number of anilines is 1. The number of hydrogen-bond donors (Lipinski definition) is 1. The molecule has 1 amide bonds. The van der Waals surface area contributed by atoms with Crippen LogP contribution in [0.1, 0.15) is 21.7 Å². The van der Waals surface area contributed by atoms with E-state index in [9.17, 15) is 4.79 Å². The maximum atomic E-state index is 12.3. The number of carbonyl (C=O) groups is 1. The van der Waals surface area contributed by atoms with Crippen LogP contribution in [0.5, 0.6) is 0 Å². The van der Waals surface area contributed by atoms with Crippen molar-refractivity contribution in [1.82, 2.24) is 10.2 Å². The van der Waals surface area contributed by atoms with E-state index in [1.165, 1.54) is 16.9 Å². The molecule has 4 rings (SSSR count). The van der Waals surface area contributed by atoms with Crippen molar-refractivity contribution in [2.24, 2.45) is 0 Å². The van der Waals surface area contributed by atoms with Gasteiger partial charge in [0, 0.05) is 17.4 Å². The fourth-order valence-electron chi connectivity index (χ4n) is 2.81. The van der Waals surface area contributed by atoms with Gasteiger partial charge in [0.2, 0.25) is 11.0 Å². The van der Waals surface area contributed by atoms with Crippen LogP contribution in [-0.4, -0.2) is 16.1 Å². The average Bonchev–Trinajstić information content (AvgIpc) is 3.22. The summed E-state index contributed by atoms with van der Waals surface area (Å²) in [4.78, 5) is 12.3. The summed E-state index contributed by atoms with van der Waals surface area (Å²) in [6.45, 7) is 2.01. The van der Waals surface area contributed by atoms with Crippen LogP contribution in [0, 0.1) is 6.92 Å². The summed E-state index contributed by atoms with van der Waals surface area (Å²) < 4.78 is 5.55. The van der Waals surface area contributed by atoms with E-state index in [2.05, 4.69) is 15.5 Å². The van der Waals surface area contributed by atoms with Crippen LogP contribution in [0.25, 0.3) is 11.0 Å². The first-order valence-electron chi connectivity index (χ1n) is 8.30. The second-order valence-electron chi connectivity index (χ2n) is 6.15. The molecule has 0 aliphatic carbocycles. The summed E-state index contributed by atoms with van der Waals surface area (Å²) in [5.74, 6) is -0.129. The van der Waals surface area contributed by atoms with Gasteiger partial charge in [0.15, 0.2) is 0 Å². The molecule has 0 aliphatic heterocycles. The molecule has 4 aromatic rings. The molecule has 0 atom stereocenters. The lowest BCUT2D eigenvalue weighted by Crippen LogP contribution is -2.13. The van der Waals surface area contributed by atoms with Gasteiger partial charge in [-0.2, -0.15) is 0 Å². The number of amides is 1. The topological polar surface area (TPSA) is 68.0 Å². The Balaban J connectivity index is 1.42. The van der Waals surface area contributed by atoms with Crippen molar-refractivity contribution in [3.63, 3.8) is 0 Å². The first-order valence-corrected chi connectivity index (χ1v) is 9.12. The van der Waals surface area contributed by atoms with Gasteiger partial charge in [-0.3, -0.25) is 4.79 Å². The Labute approximate surface area is 154 Å². The Hall–Kier alpha value is -2.99. The van der Waals surface area contributed by atoms with Crippen LogP contribution in [0.4, 0.5) is 5.13 Å². The monoisotopic (exact) mass is 363 g/mol. The number of aromatic nitrogens is 2. The van der Waals surface area contributed by atoms with Crippen molar-refractivity contribution in [2.75, 3.05) is 5.32 Å². The molecule has 0 fully saturated rings. The van der Waals surface area contributed by atoms with Crippen molar-refractivity contribution in [3.8, 4) is 0 Å². The summed E-state index contributed by atoms with van der Waals surface area (Å²) in [5.41, 5.74) is 3.96.